The molecule has 1 heterocycles. The molecule has 11 heavy (non-hydrogen) atoms. The second-order valence-electron chi connectivity index (χ2n) is 2.20. The fourth-order valence-corrected chi connectivity index (χ4v) is 0.925. The summed E-state index contributed by atoms with van der Waals surface area (Å²) in [5, 5.41) is 9.98. The van der Waals surface area contributed by atoms with Crippen molar-refractivity contribution in [2.24, 2.45) is 0 Å². The third-order valence-corrected chi connectivity index (χ3v) is 1.41. The molecule has 0 aromatic heterocycles. The van der Waals surface area contributed by atoms with Crippen LogP contribution in [0.2, 0.25) is 0 Å². The lowest BCUT2D eigenvalue weighted by Gasteiger charge is -2.16. The van der Waals surface area contributed by atoms with Gasteiger partial charge in [0.25, 0.3) is 6.61 Å². The Bertz CT molecular complexity index is 296. The quantitative estimate of drug-likeness (QED) is 0.582. The summed E-state index contributed by atoms with van der Waals surface area (Å²) in [6.07, 6.45) is 0. The van der Waals surface area contributed by atoms with Crippen LogP contribution in [0.25, 0.3) is 0 Å². The van der Waals surface area contributed by atoms with Crippen molar-refractivity contribution in [1.82, 2.24) is 0 Å². The van der Waals surface area contributed by atoms with Gasteiger partial charge in [-0.3, -0.25) is 5.41 Å². The number of hydrogen-bond acceptors (Lipinski definition) is 2. The second-order valence-corrected chi connectivity index (χ2v) is 2.20. The molecule has 0 saturated carbocycles. The number of anilines is 1. The first-order chi connectivity index (χ1) is 5.36. The molecule has 0 saturated heterocycles. The van der Waals surface area contributed by atoms with E-state index >= 15 is 0 Å². The molecule has 2 radical (unpaired) electrons. The summed E-state index contributed by atoms with van der Waals surface area (Å²) in [6.45, 7) is 2.41. The predicted molar refractivity (Wildman–Crippen MR) is 41.7 cm³/mol. The number of amidine groups is 1. The first-order valence-corrected chi connectivity index (χ1v) is 3.24. The Morgan fingerprint density at radius 2 is 2.18 bits per heavy atom. The van der Waals surface area contributed by atoms with Crippen molar-refractivity contribution in [1.29, 1.82) is 5.41 Å². The Balaban J connectivity index is 2.41. The van der Waals surface area contributed by atoms with E-state index in [2.05, 4.69) is 11.9 Å². The molecule has 3 heteroatoms. The van der Waals surface area contributed by atoms with Gasteiger partial charge in [0.15, 0.2) is 5.84 Å². The second kappa shape index (κ2) is 2.27. The van der Waals surface area contributed by atoms with Gasteiger partial charge in [0.1, 0.15) is 5.75 Å². The maximum Gasteiger partial charge on any atom is 0.268 e. The molecule has 1 aliphatic heterocycles. The Hall–Kier alpha value is -1.51. The molecule has 3 nitrogen and oxygen atoms in total. The van der Waals surface area contributed by atoms with Gasteiger partial charge >= 0.3 is 0 Å². The lowest BCUT2D eigenvalue weighted by Crippen LogP contribution is -2.19. The van der Waals surface area contributed by atoms with Crippen LogP contribution in [0.15, 0.2) is 24.3 Å². The maximum atomic E-state index is 7.17. The summed E-state index contributed by atoms with van der Waals surface area (Å²) in [5.41, 5.74) is 0.816. The highest BCUT2D eigenvalue weighted by Gasteiger charge is 2.12. The lowest BCUT2D eigenvalue weighted by molar-refractivity contribution is 0.440. The minimum absolute atomic E-state index is 0.156. The SMILES string of the molecule is N=C1[C]Oc2ccccc2N1. The van der Waals surface area contributed by atoms with Crippen LogP contribution >= 0.6 is 0 Å². The van der Waals surface area contributed by atoms with Crippen LogP contribution in [-0.4, -0.2) is 5.84 Å². The van der Waals surface area contributed by atoms with E-state index in [1.807, 2.05) is 24.3 Å². The Morgan fingerprint density at radius 3 is 3.09 bits per heavy atom. The molecular weight excluding hydrogens is 140 g/mol. The highest BCUT2D eigenvalue weighted by molar-refractivity contribution is 6.01. The van der Waals surface area contributed by atoms with E-state index in [9.17, 15) is 0 Å². The minimum atomic E-state index is 0.156. The van der Waals surface area contributed by atoms with E-state index in [1.165, 1.54) is 0 Å². The number of hydrogen-bond donors (Lipinski definition) is 2. The van der Waals surface area contributed by atoms with E-state index in [-0.39, 0.29) is 5.84 Å². The molecule has 0 spiro atoms. The monoisotopic (exact) mass is 146 g/mol. The number of benzene rings is 1. The molecule has 0 fully saturated rings. The van der Waals surface area contributed by atoms with Gasteiger partial charge in [0, 0.05) is 0 Å². The van der Waals surface area contributed by atoms with E-state index in [1.54, 1.807) is 0 Å². The van der Waals surface area contributed by atoms with Gasteiger partial charge in [0.2, 0.25) is 0 Å². The van der Waals surface area contributed by atoms with Crippen molar-refractivity contribution in [3.8, 4) is 5.75 Å². The van der Waals surface area contributed by atoms with E-state index in [0.29, 0.717) is 5.75 Å². The standard InChI is InChI=1S/C8H6N2O/c9-8-5-11-7-4-2-1-3-6(7)10-8/h1-4H,(H2,9,10). The summed E-state index contributed by atoms with van der Waals surface area (Å²) in [4.78, 5) is 0. The molecule has 0 aliphatic carbocycles. The van der Waals surface area contributed by atoms with Crippen LogP contribution < -0.4 is 10.1 Å². The fourth-order valence-electron chi connectivity index (χ4n) is 0.925. The highest BCUT2D eigenvalue weighted by atomic mass is 16.5. The number of fused-ring (bicyclic) bond motifs is 1. The molecule has 0 atom stereocenters. The Morgan fingerprint density at radius 1 is 1.36 bits per heavy atom. The van der Waals surface area contributed by atoms with Gasteiger partial charge in [-0.1, -0.05) is 12.1 Å². The zero-order valence-corrected chi connectivity index (χ0v) is 5.72. The normalized spacial score (nSPS) is 14.7. The minimum Gasteiger partial charge on any atom is -0.467 e. The fraction of sp³-hybridized carbons (Fsp3) is 0. The summed E-state index contributed by atoms with van der Waals surface area (Å²) < 4.78 is 5.00. The summed E-state index contributed by atoms with van der Waals surface area (Å²) >= 11 is 0. The maximum absolute atomic E-state index is 7.17. The predicted octanol–water partition coefficient (Wildman–Crippen LogP) is 1.51. The molecule has 2 N–H and O–H groups in total. The molecule has 0 amide bonds. The van der Waals surface area contributed by atoms with Gasteiger partial charge in [-0.05, 0) is 12.1 Å². The van der Waals surface area contributed by atoms with Crippen molar-refractivity contribution in [2.45, 2.75) is 0 Å². The van der Waals surface area contributed by atoms with Crippen LogP contribution in [-0.2, 0) is 0 Å². The smallest absolute Gasteiger partial charge is 0.268 e. The molecular formula is C8H6N2O. The molecule has 54 valence electrons. The van der Waals surface area contributed by atoms with Gasteiger partial charge < -0.3 is 10.1 Å². The number of para-hydroxylation sites is 2. The van der Waals surface area contributed by atoms with Crippen LogP contribution in [0.5, 0.6) is 5.75 Å². The number of ether oxygens (including phenoxy) is 1. The molecule has 2 rings (SSSR count). The summed E-state index contributed by atoms with van der Waals surface area (Å²) in [7, 11) is 0. The average Bonchev–Trinajstić information content (AvgIpc) is 2.04. The summed E-state index contributed by atoms with van der Waals surface area (Å²) in [5.74, 6) is 0.868. The zero-order valence-electron chi connectivity index (χ0n) is 5.72. The largest absolute Gasteiger partial charge is 0.467 e. The van der Waals surface area contributed by atoms with Crippen LogP contribution in [0, 0.1) is 12.0 Å². The van der Waals surface area contributed by atoms with Crippen molar-refractivity contribution < 1.29 is 4.74 Å². The van der Waals surface area contributed by atoms with Crippen molar-refractivity contribution >= 4 is 11.5 Å². The van der Waals surface area contributed by atoms with Crippen LogP contribution in [0.3, 0.4) is 0 Å². The average molecular weight is 146 g/mol. The Kier molecular flexibility index (Phi) is 1.28. The molecule has 0 bridgehead atoms. The van der Waals surface area contributed by atoms with Gasteiger partial charge in [-0.2, -0.15) is 0 Å². The Labute approximate surface area is 64.5 Å². The lowest BCUT2D eigenvalue weighted by atomic mass is 10.2. The number of rotatable bonds is 0. The zero-order chi connectivity index (χ0) is 7.68. The van der Waals surface area contributed by atoms with Crippen LogP contribution in [0.1, 0.15) is 0 Å². The highest BCUT2D eigenvalue weighted by Crippen LogP contribution is 2.27. The molecule has 1 aromatic rings. The van der Waals surface area contributed by atoms with Crippen LogP contribution in [0.4, 0.5) is 5.69 Å². The number of nitrogens with one attached hydrogen (secondary N) is 2. The first kappa shape index (κ1) is 6.22. The van der Waals surface area contributed by atoms with Crippen molar-refractivity contribution in [3.05, 3.63) is 30.9 Å². The van der Waals surface area contributed by atoms with Gasteiger partial charge in [0.05, 0.1) is 5.69 Å². The molecule has 0 unspecified atom stereocenters. The molecule has 1 aromatic carbocycles. The summed E-state index contributed by atoms with van der Waals surface area (Å²) in [6, 6.07) is 7.43. The van der Waals surface area contributed by atoms with E-state index < -0.39 is 0 Å². The van der Waals surface area contributed by atoms with E-state index in [0.717, 1.165) is 5.69 Å². The van der Waals surface area contributed by atoms with Crippen molar-refractivity contribution in [2.75, 3.05) is 5.32 Å². The topological polar surface area (TPSA) is 45.1 Å². The van der Waals surface area contributed by atoms with Gasteiger partial charge in [-0.15, -0.1) is 0 Å². The van der Waals surface area contributed by atoms with Gasteiger partial charge in [-0.25, -0.2) is 0 Å². The van der Waals surface area contributed by atoms with Crippen molar-refractivity contribution in [3.63, 3.8) is 0 Å². The first-order valence-electron chi connectivity index (χ1n) is 3.24. The third kappa shape index (κ3) is 1.05. The van der Waals surface area contributed by atoms with E-state index in [4.69, 9.17) is 10.1 Å². The third-order valence-electron chi connectivity index (χ3n) is 1.41. The molecule has 1 aliphatic rings.